The Balaban J connectivity index is 1.47. The van der Waals surface area contributed by atoms with Crippen LogP contribution in [0.3, 0.4) is 0 Å². The van der Waals surface area contributed by atoms with Gasteiger partial charge in [-0.2, -0.15) is 0 Å². The number of carbonyl (C=O) groups is 3. The standard InChI is InChI=1S/C19H25N3O4/c23-17(8-5-14-3-1-2-4-14)21-9-11-22(12-10-21)18(24)15-6-7-16(19(25)26)20-13-15/h6-7,13-14H,1-5,8-12H2,(H,25,26). The van der Waals surface area contributed by atoms with Crippen molar-refractivity contribution in [3.63, 3.8) is 0 Å². The molecule has 7 nitrogen and oxygen atoms in total. The van der Waals surface area contributed by atoms with Crippen LogP contribution in [0.2, 0.25) is 0 Å². The Bertz CT molecular complexity index is 660. The molecule has 1 N–H and O–H groups in total. The average Bonchev–Trinajstić information content (AvgIpc) is 3.19. The predicted molar refractivity (Wildman–Crippen MR) is 94.9 cm³/mol. The maximum atomic E-state index is 12.5. The first kappa shape index (κ1) is 18.4. The van der Waals surface area contributed by atoms with Crippen LogP contribution in [0.15, 0.2) is 18.3 Å². The fourth-order valence-corrected chi connectivity index (χ4v) is 3.77. The van der Waals surface area contributed by atoms with Gasteiger partial charge < -0.3 is 14.9 Å². The third-order valence-electron chi connectivity index (χ3n) is 5.39. The van der Waals surface area contributed by atoms with E-state index in [0.29, 0.717) is 44.1 Å². The second-order valence-corrected chi connectivity index (χ2v) is 7.10. The molecule has 1 aliphatic carbocycles. The van der Waals surface area contributed by atoms with E-state index in [0.717, 1.165) is 6.42 Å². The summed E-state index contributed by atoms with van der Waals surface area (Å²) in [4.78, 5) is 43.0. The van der Waals surface area contributed by atoms with Crippen molar-refractivity contribution in [2.75, 3.05) is 26.2 Å². The number of aromatic carboxylic acids is 1. The molecule has 1 aromatic rings. The SMILES string of the molecule is O=C(O)c1ccc(C(=O)N2CCN(C(=O)CCC3CCCC3)CC2)cn1. The fraction of sp³-hybridized carbons (Fsp3) is 0.579. The molecule has 2 amide bonds. The third kappa shape index (κ3) is 4.39. The second-order valence-electron chi connectivity index (χ2n) is 7.10. The number of rotatable bonds is 5. The van der Waals surface area contributed by atoms with Crippen molar-refractivity contribution in [2.45, 2.75) is 38.5 Å². The maximum absolute atomic E-state index is 12.5. The van der Waals surface area contributed by atoms with Crippen molar-refractivity contribution in [2.24, 2.45) is 5.92 Å². The topological polar surface area (TPSA) is 90.8 Å². The Hall–Kier alpha value is -2.44. The smallest absolute Gasteiger partial charge is 0.354 e. The molecule has 0 radical (unpaired) electrons. The lowest BCUT2D eigenvalue weighted by Crippen LogP contribution is -2.50. The number of piperazine rings is 1. The van der Waals surface area contributed by atoms with Crippen LogP contribution in [0, 0.1) is 5.92 Å². The Morgan fingerprint density at radius 2 is 1.69 bits per heavy atom. The van der Waals surface area contributed by atoms with Gasteiger partial charge in [0.25, 0.3) is 5.91 Å². The van der Waals surface area contributed by atoms with E-state index >= 15 is 0 Å². The first-order chi connectivity index (χ1) is 12.5. The summed E-state index contributed by atoms with van der Waals surface area (Å²) < 4.78 is 0. The van der Waals surface area contributed by atoms with Crippen LogP contribution in [0.4, 0.5) is 0 Å². The van der Waals surface area contributed by atoms with Gasteiger partial charge in [0.05, 0.1) is 5.56 Å². The van der Waals surface area contributed by atoms with Gasteiger partial charge in [-0.15, -0.1) is 0 Å². The molecule has 0 bridgehead atoms. The lowest BCUT2D eigenvalue weighted by atomic mass is 10.0. The summed E-state index contributed by atoms with van der Waals surface area (Å²) in [5.74, 6) is -0.388. The number of hydrogen-bond acceptors (Lipinski definition) is 4. The fourth-order valence-electron chi connectivity index (χ4n) is 3.77. The predicted octanol–water partition coefficient (Wildman–Crippen LogP) is 2.03. The molecule has 0 atom stereocenters. The summed E-state index contributed by atoms with van der Waals surface area (Å²) in [6.45, 7) is 2.09. The number of carbonyl (C=O) groups excluding carboxylic acids is 2. The van der Waals surface area contributed by atoms with E-state index in [-0.39, 0.29) is 17.5 Å². The minimum absolute atomic E-state index is 0.0840. The van der Waals surface area contributed by atoms with Crippen LogP contribution in [0.25, 0.3) is 0 Å². The molecule has 2 heterocycles. The first-order valence-corrected chi connectivity index (χ1v) is 9.31. The zero-order valence-corrected chi connectivity index (χ0v) is 14.9. The molecular formula is C19H25N3O4. The van der Waals surface area contributed by atoms with Crippen molar-refractivity contribution in [1.29, 1.82) is 0 Å². The largest absolute Gasteiger partial charge is 0.477 e. The van der Waals surface area contributed by atoms with E-state index in [1.54, 1.807) is 4.90 Å². The van der Waals surface area contributed by atoms with Crippen LogP contribution >= 0.6 is 0 Å². The average molecular weight is 359 g/mol. The molecule has 1 aromatic heterocycles. The number of amides is 2. The van der Waals surface area contributed by atoms with E-state index in [4.69, 9.17) is 5.11 Å². The summed E-state index contributed by atoms with van der Waals surface area (Å²) in [5.41, 5.74) is 0.287. The van der Waals surface area contributed by atoms with Gasteiger partial charge in [0.1, 0.15) is 5.69 Å². The van der Waals surface area contributed by atoms with E-state index in [1.165, 1.54) is 44.0 Å². The highest BCUT2D eigenvalue weighted by Crippen LogP contribution is 2.28. The molecular weight excluding hydrogens is 334 g/mol. The highest BCUT2D eigenvalue weighted by molar-refractivity contribution is 5.95. The van der Waals surface area contributed by atoms with Gasteiger partial charge in [0.2, 0.25) is 5.91 Å². The van der Waals surface area contributed by atoms with Crippen molar-refractivity contribution in [3.05, 3.63) is 29.6 Å². The maximum Gasteiger partial charge on any atom is 0.354 e. The summed E-state index contributed by atoms with van der Waals surface area (Å²) in [6.07, 6.45) is 7.99. The van der Waals surface area contributed by atoms with Crippen molar-refractivity contribution in [1.82, 2.24) is 14.8 Å². The molecule has 2 fully saturated rings. The van der Waals surface area contributed by atoms with Gasteiger partial charge in [-0.05, 0) is 24.5 Å². The summed E-state index contributed by atoms with van der Waals surface area (Å²) in [5, 5.41) is 8.86. The minimum Gasteiger partial charge on any atom is -0.477 e. The molecule has 1 aliphatic heterocycles. The van der Waals surface area contributed by atoms with Gasteiger partial charge in [-0.3, -0.25) is 9.59 Å². The van der Waals surface area contributed by atoms with Crippen molar-refractivity contribution >= 4 is 17.8 Å². The molecule has 140 valence electrons. The van der Waals surface area contributed by atoms with Crippen molar-refractivity contribution in [3.8, 4) is 0 Å². The summed E-state index contributed by atoms with van der Waals surface area (Å²) in [7, 11) is 0. The zero-order valence-electron chi connectivity index (χ0n) is 14.9. The quantitative estimate of drug-likeness (QED) is 0.869. The third-order valence-corrected chi connectivity index (χ3v) is 5.39. The summed E-state index contributed by atoms with van der Waals surface area (Å²) >= 11 is 0. The molecule has 0 spiro atoms. The zero-order chi connectivity index (χ0) is 18.5. The van der Waals surface area contributed by atoms with Crippen LogP contribution < -0.4 is 0 Å². The highest BCUT2D eigenvalue weighted by Gasteiger charge is 2.26. The Kier molecular flexibility index (Phi) is 5.85. The normalized spacial score (nSPS) is 18.2. The van der Waals surface area contributed by atoms with Crippen LogP contribution in [0.5, 0.6) is 0 Å². The Labute approximate surface area is 153 Å². The molecule has 26 heavy (non-hydrogen) atoms. The van der Waals surface area contributed by atoms with Gasteiger partial charge in [0.15, 0.2) is 0 Å². The van der Waals surface area contributed by atoms with Crippen LogP contribution in [-0.2, 0) is 4.79 Å². The molecule has 1 saturated carbocycles. The van der Waals surface area contributed by atoms with Gasteiger partial charge in [0, 0.05) is 38.8 Å². The Morgan fingerprint density at radius 1 is 1.04 bits per heavy atom. The number of pyridine rings is 1. The number of carboxylic acid groups (broad SMARTS) is 1. The van der Waals surface area contributed by atoms with E-state index in [1.807, 2.05) is 4.90 Å². The van der Waals surface area contributed by atoms with Gasteiger partial charge in [-0.25, -0.2) is 9.78 Å². The van der Waals surface area contributed by atoms with Gasteiger partial charge >= 0.3 is 5.97 Å². The van der Waals surface area contributed by atoms with Crippen LogP contribution in [-0.4, -0.2) is 63.9 Å². The number of hydrogen-bond donors (Lipinski definition) is 1. The van der Waals surface area contributed by atoms with E-state index in [2.05, 4.69) is 4.98 Å². The van der Waals surface area contributed by atoms with Gasteiger partial charge in [-0.1, -0.05) is 25.7 Å². The number of nitrogens with zero attached hydrogens (tertiary/aromatic N) is 3. The lowest BCUT2D eigenvalue weighted by Gasteiger charge is -2.35. The molecule has 1 saturated heterocycles. The lowest BCUT2D eigenvalue weighted by molar-refractivity contribution is -0.133. The van der Waals surface area contributed by atoms with E-state index < -0.39 is 5.97 Å². The molecule has 3 rings (SSSR count). The molecule has 7 heteroatoms. The van der Waals surface area contributed by atoms with Crippen molar-refractivity contribution < 1.29 is 19.5 Å². The second kappa shape index (κ2) is 8.29. The van der Waals surface area contributed by atoms with E-state index in [9.17, 15) is 14.4 Å². The molecule has 2 aliphatic rings. The summed E-state index contributed by atoms with van der Waals surface area (Å²) in [6, 6.07) is 2.82. The van der Waals surface area contributed by atoms with Crippen LogP contribution in [0.1, 0.15) is 59.4 Å². The first-order valence-electron chi connectivity index (χ1n) is 9.31. The minimum atomic E-state index is -1.12. The molecule has 0 aromatic carbocycles. The Morgan fingerprint density at radius 3 is 2.27 bits per heavy atom. The molecule has 0 unspecified atom stereocenters. The number of aromatic nitrogens is 1. The monoisotopic (exact) mass is 359 g/mol. The highest BCUT2D eigenvalue weighted by atomic mass is 16.4. The number of carboxylic acids is 1.